The Balaban J connectivity index is 1.53. The second kappa shape index (κ2) is 12.7. The van der Waals surface area contributed by atoms with E-state index < -0.39 is 5.38 Å². The number of carbonyl (C=O) groups is 1. The monoisotopic (exact) mass is 554 g/mol. The average molecular weight is 556 g/mol. The van der Waals surface area contributed by atoms with Gasteiger partial charge in [0, 0.05) is 32.5 Å². The Labute approximate surface area is 215 Å². The van der Waals surface area contributed by atoms with E-state index in [0.29, 0.717) is 37.3 Å². The Hall–Kier alpha value is -1.91. The predicted octanol–water partition coefficient (Wildman–Crippen LogP) is 4.42. The van der Waals surface area contributed by atoms with Crippen LogP contribution in [0.25, 0.3) is 0 Å². The number of amides is 1. The summed E-state index contributed by atoms with van der Waals surface area (Å²) < 4.78 is 2.86. The van der Waals surface area contributed by atoms with E-state index >= 15 is 0 Å². The van der Waals surface area contributed by atoms with Gasteiger partial charge in [0.25, 0.3) is 0 Å². The van der Waals surface area contributed by atoms with Gasteiger partial charge in [0.15, 0.2) is 0 Å². The summed E-state index contributed by atoms with van der Waals surface area (Å²) in [5.41, 5.74) is 1.84. The number of aromatic nitrogens is 4. The highest BCUT2D eigenvalue weighted by molar-refractivity contribution is 9.10. The first-order chi connectivity index (χ1) is 16.3. The normalized spacial score (nSPS) is 15.8. The first kappa shape index (κ1) is 26.7. The first-order valence-corrected chi connectivity index (χ1v) is 13.2. The van der Waals surface area contributed by atoms with Gasteiger partial charge in [-0.3, -0.25) is 9.48 Å². The molecule has 1 fully saturated rings. The van der Waals surface area contributed by atoms with E-state index in [2.05, 4.69) is 59.4 Å². The Morgan fingerprint density at radius 1 is 1.38 bits per heavy atom. The third-order valence-electron chi connectivity index (χ3n) is 6.12. The summed E-state index contributed by atoms with van der Waals surface area (Å²) in [6, 6.07) is 0.426. The smallest absolute Gasteiger partial charge is 0.240 e. The van der Waals surface area contributed by atoms with Gasteiger partial charge >= 0.3 is 0 Å². The van der Waals surface area contributed by atoms with Crippen molar-refractivity contribution in [3.05, 3.63) is 22.6 Å². The lowest BCUT2D eigenvalue weighted by molar-refractivity contribution is -0.129. The van der Waals surface area contributed by atoms with E-state index in [4.69, 9.17) is 16.7 Å². The molecule has 0 bridgehead atoms. The maximum absolute atomic E-state index is 12.2. The van der Waals surface area contributed by atoms with Crippen molar-refractivity contribution in [3.8, 4) is 0 Å². The van der Waals surface area contributed by atoms with Crippen molar-refractivity contribution < 1.29 is 4.79 Å². The predicted molar refractivity (Wildman–Crippen MR) is 141 cm³/mol. The number of likely N-dealkylation sites (tertiary alicyclic amines) is 1. The van der Waals surface area contributed by atoms with E-state index in [1.165, 1.54) is 0 Å². The van der Waals surface area contributed by atoms with Gasteiger partial charge < -0.3 is 20.4 Å². The topological polar surface area (TPSA) is 91.2 Å². The fourth-order valence-corrected chi connectivity index (χ4v) is 4.69. The van der Waals surface area contributed by atoms with Gasteiger partial charge in [-0.15, -0.1) is 11.6 Å². The maximum Gasteiger partial charge on any atom is 0.240 e. The number of aryl methyl sites for hydroxylation is 1. The lowest BCUT2D eigenvalue weighted by atomic mass is 10.1. The number of nitrogens with zero attached hydrogens (tertiary/aromatic N) is 6. The van der Waals surface area contributed by atoms with Crippen LogP contribution in [0.15, 0.2) is 16.9 Å². The zero-order valence-electron chi connectivity index (χ0n) is 20.5. The van der Waals surface area contributed by atoms with Crippen molar-refractivity contribution in [1.29, 1.82) is 0 Å². The SMILES string of the molecule is CCCC(Cl)C(=O)N(C)CCCNc1nc(Nc2cn(C3CCN(C)CC3)nc2C)ncc1Br. The van der Waals surface area contributed by atoms with Crippen LogP contribution < -0.4 is 10.6 Å². The number of rotatable bonds is 11. The van der Waals surface area contributed by atoms with Crippen LogP contribution >= 0.6 is 27.5 Å². The van der Waals surface area contributed by atoms with E-state index in [1.807, 2.05) is 13.8 Å². The molecule has 34 heavy (non-hydrogen) atoms. The molecule has 11 heteroatoms. The van der Waals surface area contributed by atoms with Crippen molar-refractivity contribution >= 4 is 50.9 Å². The Morgan fingerprint density at radius 2 is 2.12 bits per heavy atom. The minimum Gasteiger partial charge on any atom is -0.369 e. The molecular weight excluding hydrogens is 520 g/mol. The summed E-state index contributed by atoms with van der Waals surface area (Å²) in [6.07, 6.45) is 8.36. The number of halogens is 2. The zero-order chi connectivity index (χ0) is 24.7. The van der Waals surface area contributed by atoms with Gasteiger partial charge in [-0.05, 0) is 68.7 Å². The number of hydrogen-bond acceptors (Lipinski definition) is 7. The molecule has 1 unspecified atom stereocenters. The summed E-state index contributed by atoms with van der Waals surface area (Å²) in [5, 5.41) is 10.9. The lowest BCUT2D eigenvalue weighted by Gasteiger charge is -2.28. The van der Waals surface area contributed by atoms with Gasteiger partial charge in [0.05, 0.1) is 21.9 Å². The van der Waals surface area contributed by atoms with Crippen molar-refractivity contribution in [2.45, 2.75) is 57.4 Å². The van der Waals surface area contributed by atoms with E-state index in [1.54, 1.807) is 18.1 Å². The summed E-state index contributed by atoms with van der Waals surface area (Å²) in [5.74, 6) is 1.19. The lowest BCUT2D eigenvalue weighted by Crippen LogP contribution is -2.34. The Morgan fingerprint density at radius 3 is 2.82 bits per heavy atom. The summed E-state index contributed by atoms with van der Waals surface area (Å²) in [4.78, 5) is 25.3. The van der Waals surface area contributed by atoms with Crippen LogP contribution in [0.3, 0.4) is 0 Å². The molecule has 188 valence electrons. The molecule has 2 aromatic rings. The molecule has 2 N–H and O–H groups in total. The Bertz CT molecular complexity index is 947. The molecule has 0 saturated carbocycles. The van der Waals surface area contributed by atoms with E-state index in [-0.39, 0.29) is 5.91 Å². The maximum atomic E-state index is 12.2. The fourth-order valence-electron chi connectivity index (χ4n) is 3.97. The largest absolute Gasteiger partial charge is 0.369 e. The quantitative estimate of drug-likeness (QED) is 0.313. The molecule has 0 aliphatic carbocycles. The molecule has 1 atom stereocenters. The van der Waals surface area contributed by atoms with E-state index in [9.17, 15) is 4.79 Å². The molecule has 3 heterocycles. The minimum absolute atomic E-state index is 0.0191. The van der Waals surface area contributed by atoms with Gasteiger partial charge in [0.1, 0.15) is 11.2 Å². The molecule has 0 spiro atoms. The van der Waals surface area contributed by atoms with Crippen molar-refractivity contribution in [2.75, 3.05) is 50.9 Å². The molecule has 1 amide bonds. The summed E-state index contributed by atoms with van der Waals surface area (Å²) in [6.45, 7) is 7.49. The number of piperidine rings is 1. The molecule has 1 aliphatic rings. The zero-order valence-corrected chi connectivity index (χ0v) is 22.9. The average Bonchev–Trinajstić information content (AvgIpc) is 3.18. The standard InChI is InChI=1S/C23H36BrClN8O/c1-5-7-19(25)22(34)32(4)11-6-10-26-21-18(24)14-27-23(29-21)28-20-15-33(30-16(20)2)17-8-12-31(3)13-9-17/h14-15,17,19H,5-13H2,1-4H3,(H2,26,27,28,29). The number of alkyl halides is 1. The van der Waals surface area contributed by atoms with Crippen molar-refractivity contribution in [1.82, 2.24) is 29.5 Å². The highest BCUT2D eigenvalue weighted by Crippen LogP contribution is 2.26. The first-order valence-electron chi connectivity index (χ1n) is 11.9. The molecule has 0 aromatic carbocycles. The molecule has 1 saturated heterocycles. The van der Waals surface area contributed by atoms with Crippen molar-refractivity contribution in [2.24, 2.45) is 0 Å². The number of carbonyl (C=O) groups excluding carboxylic acids is 1. The fraction of sp³-hybridized carbons (Fsp3) is 0.652. The minimum atomic E-state index is -0.445. The van der Waals surface area contributed by atoms with Crippen LogP contribution in [0.2, 0.25) is 0 Å². The Kier molecular flexibility index (Phi) is 9.97. The third-order valence-corrected chi connectivity index (χ3v) is 7.10. The number of anilines is 3. The van der Waals surface area contributed by atoms with E-state index in [0.717, 1.165) is 54.6 Å². The van der Waals surface area contributed by atoms with Crippen LogP contribution in [0, 0.1) is 6.92 Å². The molecule has 3 rings (SSSR count). The molecule has 1 aliphatic heterocycles. The summed E-state index contributed by atoms with van der Waals surface area (Å²) >= 11 is 9.67. The van der Waals surface area contributed by atoms with Gasteiger partial charge in [-0.25, -0.2) is 4.98 Å². The second-order valence-electron chi connectivity index (χ2n) is 8.95. The number of nitrogens with one attached hydrogen (secondary N) is 2. The number of hydrogen-bond donors (Lipinski definition) is 2. The van der Waals surface area contributed by atoms with Crippen LogP contribution in [-0.4, -0.2) is 81.1 Å². The van der Waals surface area contributed by atoms with Gasteiger partial charge in [0.2, 0.25) is 11.9 Å². The summed E-state index contributed by atoms with van der Waals surface area (Å²) in [7, 11) is 3.96. The highest BCUT2D eigenvalue weighted by atomic mass is 79.9. The van der Waals surface area contributed by atoms with Crippen LogP contribution in [-0.2, 0) is 4.79 Å². The third kappa shape index (κ3) is 7.29. The molecule has 2 aromatic heterocycles. The highest BCUT2D eigenvalue weighted by Gasteiger charge is 2.21. The van der Waals surface area contributed by atoms with Gasteiger partial charge in [-0.2, -0.15) is 10.1 Å². The van der Waals surface area contributed by atoms with Crippen LogP contribution in [0.1, 0.15) is 50.8 Å². The van der Waals surface area contributed by atoms with Gasteiger partial charge in [-0.1, -0.05) is 13.3 Å². The molecule has 9 nitrogen and oxygen atoms in total. The molecule has 0 radical (unpaired) electrons. The van der Waals surface area contributed by atoms with Crippen LogP contribution in [0.5, 0.6) is 0 Å². The van der Waals surface area contributed by atoms with Crippen molar-refractivity contribution in [3.63, 3.8) is 0 Å². The van der Waals surface area contributed by atoms with Crippen LogP contribution in [0.4, 0.5) is 17.5 Å². The molecular formula is C23H36BrClN8O. The second-order valence-corrected chi connectivity index (χ2v) is 10.3.